The Hall–Kier alpha value is -1.77. The maximum absolute atomic E-state index is 13.8. The molecule has 172 valence electrons. The summed E-state index contributed by atoms with van der Waals surface area (Å²) in [6, 6.07) is 5.89. The van der Waals surface area contributed by atoms with Crippen LogP contribution in [0.1, 0.15) is 57.8 Å². The minimum Gasteiger partial charge on any atom is -0.608 e. The van der Waals surface area contributed by atoms with E-state index in [4.69, 9.17) is 4.74 Å². The monoisotopic (exact) mass is 454 g/mol. The fraction of sp³-hybridized carbons (Fsp3) is 0.667. The van der Waals surface area contributed by atoms with Gasteiger partial charge in [-0.25, -0.2) is 12.8 Å². The molecule has 1 saturated carbocycles. The van der Waals surface area contributed by atoms with Crippen molar-refractivity contribution in [2.75, 3.05) is 24.5 Å². The van der Waals surface area contributed by atoms with E-state index in [1.54, 1.807) is 0 Å². The van der Waals surface area contributed by atoms with Gasteiger partial charge in [-0.2, -0.15) is 10.7 Å². The number of nitrogens with one attached hydrogen (secondary N) is 3. The molecule has 0 radical (unpaired) electrons. The van der Waals surface area contributed by atoms with Crippen LogP contribution in [0, 0.1) is 27.8 Å². The van der Waals surface area contributed by atoms with Gasteiger partial charge in [0.25, 0.3) is 0 Å². The Balaban J connectivity index is 1.61. The Morgan fingerprint density at radius 1 is 1.26 bits per heavy atom. The molecule has 1 aliphatic carbocycles. The number of hydrogen-bond donors (Lipinski definition) is 3. The summed E-state index contributed by atoms with van der Waals surface area (Å²) in [5, 5.41) is 21.1. The van der Waals surface area contributed by atoms with E-state index in [2.05, 4.69) is 16.2 Å². The maximum Gasteiger partial charge on any atom is 0.235 e. The first-order valence-corrected chi connectivity index (χ1v) is 12.5. The number of quaternary nitrogens is 1. The molecule has 0 aromatic heterocycles. The maximum atomic E-state index is 13.8. The van der Waals surface area contributed by atoms with Crippen molar-refractivity contribution in [3.63, 3.8) is 0 Å². The van der Waals surface area contributed by atoms with E-state index in [1.807, 2.05) is 0 Å². The Labute approximate surface area is 183 Å². The van der Waals surface area contributed by atoms with Crippen LogP contribution in [0.15, 0.2) is 18.2 Å². The van der Waals surface area contributed by atoms with Crippen LogP contribution in [0.25, 0.3) is 0 Å². The summed E-state index contributed by atoms with van der Waals surface area (Å²) in [4.78, 5) is 0. The van der Waals surface area contributed by atoms with Crippen LogP contribution in [-0.2, 0) is 14.8 Å². The highest BCUT2D eigenvalue weighted by Crippen LogP contribution is 2.39. The number of rotatable bonds is 9. The number of nitrogens with zero attached hydrogens (tertiary/aromatic N) is 1. The van der Waals surface area contributed by atoms with Crippen LogP contribution in [-0.4, -0.2) is 33.4 Å². The second-order valence-corrected chi connectivity index (χ2v) is 10.4. The van der Waals surface area contributed by atoms with Crippen molar-refractivity contribution in [1.29, 1.82) is 5.26 Å². The summed E-state index contributed by atoms with van der Waals surface area (Å²) in [5.41, 5.74) is 2.44. The summed E-state index contributed by atoms with van der Waals surface area (Å²) in [5.74, 6) is -0.621. The van der Waals surface area contributed by atoms with Crippen molar-refractivity contribution < 1.29 is 22.7 Å². The molecule has 1 saturated heterocycles. The fourth-order valence-electron chi connectivity index (χ4n) is 4.39. The van der Waals surface area contributed by atoms with E-state index in [9.17, 15) is 23.3 Å². The Bertz CT molecular complexity index is 878. The lowest BCUT2D eigenvalue weighted by atomic mass is 9.72. The number of hydrogen-bond acceptors (Lipinski definition) is 6. The molecule has 0 amide bonds. The molecule has 1 aliphatic heterocycles. The van der Waals surface area contributed by atoms with Gasteiger partial charge >= 0.3 is 0 Å². The summed E-state index contributed by atoms with van der Waals surface area (Å²) < 4.78 is 46.9. The highest BCUT2D eigenvalue weighted by molar-refractivity contribution is 7.93. The van der Waals surface area contributed by atoms with Gasteiger partial charge in [0.2, 0.25) is 10.0 Å². The van der Waals surface area contributed by atoms with Gasteiger partial charge in [-0.05, 0) is 50.7 Å². The quantitative estimate of drug-likeness (QED) is 0.390. The lowest BCUT2D eigenvalue weighted by Gasteiger charge is -2.31. The molecule has 1 unspecified atom stereocenters. The smallest absolute Gasteiger partial charge is 0.235 e. The number of sulfonamides is 1. The van der Waals surface area contributed by atoms with Crippen LogP contribution in [0.5, 0.6) is 0 Å². The molecule has 31 heavy (non-hydrogen) atoms. The molecule has 1 aromatic carbocycles. The highest BCUT2D eigenvalue weighted by Gasteiger charge is 2.32. The first-order chi connectivity index (χ1) is 14.9. The van der Waals surface area contributed by atoms with Crippen molar-refractivity contribution in [2.45, 2.75) is 63.0 Å². The predicted molar refractivity (Wildman–Crippen MR) is 115 cm³/mol. The average molecular weight is 455 g/mol. The van der Waals surface area contributed by atoms with Gasteiger partial charge in [0.1, 0.15) is 11.5 Å². The topological polar surface area (TPSA) is 119 Å². The van der Waals surface area contributed by atoms with Crippen molar-refractivity contribution in [2.24, 2.45) is 5.41 Å². The fourth-order valence-corrected chi connectivity index (χ4v) is 5.85. The largest absolute Gasteiger partial charge is 0.608 e. The number of benzene rings is 1. The van der Waals surface area contributed by atoms with E-state index < -0.39 is 26.3 Å². The van der Waals surface area contributed by atoms with Crippen LogP contribution in [0.2, 0.25) is 0 Å². The number of ether oxygens (including phenoxy) is 1. The van der Waals surface area contributed by atoms with E-state index >= 15 is 0 Å². The van der Waals surface area contributed by atoms with Crippen molar-refractivity contribution in [3.8, 4) is 6.07 Å². The molecule has 3 rings (SSSR count). The minimum atomic E-state index is -3.72. The lowest BCUT2D eigenvalue weighted by Crippen LogP contribution is -3.09. The van der Waals surface area contributed by atoms with Gasteiger partial charge in [0.15, 0.2) is 5.69 Å². The molecule has 2 aliphatic rings. The second-order valence-electron chi connectivity index (χ2n) is 8.46. The van der Waals surface area contributed by atoms with Gasteiger partial charge < -0.3 is 9.94 Å². The zero-order valence-electron chi connectivity index (χ0n) is 17.7. The lowest BCUT2D eigenvalue weighted by molar-refractivity contribution is -0.828. The standard InChI is InChI=1S/C21H31FN4O4S/c22-17-5-6-19(25-31(28,29)18-7-13-30-14-8-18)20(15-17)26(27)24-12-4-11-21(16-23)9-2-1-3-10-21/h5-6,15,18,24-26H,1-4,7-14H2. The Kier molecular flexibility index (Phi) is 8.24. The van der Waals surface area contributed by atoms with Crippen LogP contribution >= 0.6 is 0 Å². The SMILES string of the molecule is N#CC1(CCCN[NH+]([O-])c2cc(F)ccc2NS(=O)(=O)C2CCOCC2)CCCCC1. The van der Waals surface area contributed by atoms with Crippen LogP contribution in [0.4, 0.5) is 15.8 Å². The third-order valence-corrected chi connectivity index (χ3v) is 8.10. The molecule has 3 N–H and O–H groups in total. The summed E-state index contributed by atoms with van der Waals surface area (Å²) >= 11 is 0. The van der Waals surface area contributed by atoms with Crippen molar-refractivity contribution in [1.82, 2.24) is 5.43 Å². The first kappa shape index (κ1) is 23.9. The highest BCUT2D eigenvalue weighted by atomic mass is 32.2. The van der Waals surface area contributed by atoms with Gasteiger partial charge in [0.05, 0.1) is 16.7 Å². The van der Waals surface area contributed by atoms with E-state index in [0.717, 1.165) is 44.2 Å². The second kappa shape index (κ2) is 10.7. The van der Waals surface area contributed by atoms with Crippen molar-refractivity contribution >= 4 is 21.4 Å². The third-order valence-electron chi connectivity index (χ3n) is 6.25. The average Bonchev–Trinajstić information content (AvgIpc) is 2.79. The molecular formula is C21H31FN4O4S. The molecule has 2 fully saturated rings. The molecular weight excluding hydrogens is 423 g/mol. The first-order valence-electron chi connectivity index (χ1n) is 10.9. The Morgan fingerprint density at radius 3 is 2.65 bits per heavy atom. The van der Waals surface area contributed by atoms with Crippen LogP contribution < -0.4 is 15.3 Å². The number of nitriles is 1. The normalized spacial score (nSPS) is 20.7. The minimum absolute atomic E-state index is 0.0525. The number of halogens is 1. The molecule has 0 spiro atoms. The predicted octanol–water partition coefficient (Wildman–Crippen LogP) is 2.52. The molecule has 1 aromatic rings. The number of anilines is 1. The molecule has 10 heteroatoms. The van der Waals surface area contributed by atoms with E-state index in [0.29, 0.717) is 45.4 Å². The summed E-state index contributed by atoms with van der Waals surface area (Å²) in [6.45, 7) is 1.07. The van der Waals surface area contributed by atoms with Gasteiger partial charge in [-0.3, -0.25) is 9.89 Å². The summed E-state index contributed by atoms with van der Waals surface area (Å²) in [6.07, 6.45) is 7.14. The van der Waals surface area contributed by atoms with Crippen molar-refractivity contribution in [3.05, 3.63) is 29.2 Å². The molecule has 1 heterocycles. The summed E-state index contributed by atoms with van der Waals surface area (Å²) in [7, 11) is -3.72. The Morgan fingerprint density at radius 2 is 1.97 bits per heavy atom. The van der Waals surface area contributed by atoms with E-state index in [1.165, 1.54) is 6.07 Å². The van der Waals surface area contributed by atoms with Crippen LogP contribution in [0.3, 0.4) is 0 Å². The van der Waals surface area contributed by atoms with Gasteiger partial charge in [-0.1, -0.05) is 19.3 Å². The van der Waals surface area contributed by atoms with E-state index in [-0.39, 0.29) is 16.8 Å². The third kappa shape index (κ3) is 6.37. The van der Waals surface area contributed by atoms with Gasteiger partial charge in [-0.15, -0.1) is 0 Å². The van der Waals surface area contributed by atoms with Gasteiger partial charge in [0, 0.05) is 25.8 Å². The molecule has 8 nitrogen and oxygen atoms in total. The zero-order chi connectivity index (χ0) is 22.3. The molecule has 0 bridgehead atoms. The molecule has 1 atom stereocenters. The zero-order valence-corrected chi connectivity index (χ0v) is 18.5.